The summed E-state index contributed by atoms with van der Waals surface area (Å²) in [5.74, 6) is 0.00632. The van der Waals surface area contributed by atoms with Crippen molar-refractivity contribution >= 4 is 27.3 Å². The maximum atomic E-state index is 12.8. The van der Waals surface area contributed by atoms with Crippen LogP contribution in [-0.4, -0.2) is 62.1 Å². The van der Waals surface area contributed by atoms with Gasteiger partial charge in [0, 0.05) is 50.6 Å². The zero-order valence-electron chi connectivity index (χ0n) is 16.9. The van der Waals surface area contributed by atoms with Crippen molar-refractivity contribution in [1.29, 1.82) is 0 Å². The van der Waals surface area contributed by atoms with Crippen molar-refractivity contribution in [3.8, 4) is 10.7 Å². The van der Waals surface area contributed by atoms with Crippen molar-refractivity contribution in [2.24, 2.45) is 0 Å². The van der Waals surface area contributed by atoms with Gasteiger partial charge >= 0.3 is 0 Å². The first-order valence-electron chi connectivity index (χ1n) is 9.80. The van der Waals surface area contributed by atoms with Crippen LogP contribution in [0.1, 0.15) is 31.4 Å². The Bertz CT molecular complexity index is 930. The van der Waals surface area contributed by atoms with E-state index in [0.717, 1.165) is 38.0 Å². The van der Waals surface area contributed by atoms with E-state index in [0.29, 0.717) is 30.3 Å². The summed E-state index contributed by atoms with van der Waals surface area (Å²) >= 11 is 1.44. The molecule has 0 saturated carbocycles. The van der Waals surface area contributed by atoms with E-state index in [1.807, 2.05) is 17.2 Å². The molecule has 0 spiro atoms. The van der Waals surface area contributed by atoms with Gasteiger partial charge < -0.3 is 14.2 Å². The number of carbonyl (C=O) groups excluding carboxylic acids is 1. The standard InChI is InChI=1S/C19H28N4O4S2/c1-15-14-28-19(21-15)17-11-16(29(25,26)20-7-6-10-27-2)12-23(17)13-18(24)22-8-4-3-5-9-22/h11-12,14,20H,3-10,13H2,1-2H3. The predicted octanol–water partition coefficient (Wildman–Crippen LogP) is 2.25. The van der Waals surface area contributed by atoms with Gasteiger partial charge in [0.1, 0.15) is 16.4 Å². The van der Waals surface area contributed by atoms with Crippen LogP contribution in [0.25, 0.3) is 10.7 Å². The second-order valence-corrected chi connectivity index (χ2v) is 9.79. The van der Waals surface area contributed by atoms with Crippen molar-refractivity contribution in [2.45, 2.75) is 44.0 Å². The summed E-state index contributed by atoms with van der Waals surface area (Å²) in [6.07, 6.45) is 5.30. The lowest BCUT2D eigenvalue weighted by Gasteiger charge is -2.27. The molecule has 1 saturated heterocycles. The second kappa shape index (κ2) is 9.84. The topological polar surface area (TPSA) is 93.5 Å². The summed E-state index contributed by atoms with van der Waals surface area (Å²) in [6, 6.07) is 1.60. The lowest BCUT2D eigenvalue weighted by Crippen LogP contribution is -2.37. The number of aryl methyl sites for hydroxylation is 1. The number of amides is 1. The van der Waals surface area contributed by atoms with E-state index in [4.69, 9.17) is 4.74 Å². The van der Waals surface area contributed by atoms with Gasteiger partial charge in [0.15, 0.2) is 0 Å². The molecule has 1 fully saturated rings. The van der Waals surface area contributed by atoms with E-state index in [-0.39, 0.29) is 17.3 Å². The van der Waals surface area contributed by atoms with Crippen LogP contribution in [0.4, 0.5) is 0 Å². The molecule has 1 amide bonds. The molecule has 0 atom stereocenters. The van der Waals surface area contributed by atoms with Crippen molar-refractivity contribution < 1.29 is 17.9 Å². The number of methoxy groups -OCH3 is 1. The smallest absolute Gasteiger partial charge is 0.242 e. The number of carbonyl (C=O) groups is 1. The number of aromatic nitrogens is 2. The van der Waals surface area contributed by atoms with E-state index in [1.54, 1.807) is 17.7 Å². The molecule has 1 aliphatic heterocycles. The molecule has 160 valence electrons. The van der Waals surface area contributed by atoms with Crippen molar-refractivity contribution in [1.82, 2.24) is 19.2 Å². The van der Waals surface area contributed by atoms with Crippen LogP contribution < -0.4 is 4.72 Å². The fourth-order valence-electron chi connectivity index (χ4n) is 3.31. The molecule has 0 unspecified atom stereocenters. The highest BCUT2D eigenvalue weighted by Crippen LogP contribution is 2.28. The van der Waals surface area contributed by atoms with Gasteiger partial charge in [-0.15, -0.1) is 11.3 Å². The molecule has 10 heteroatoms. The Hall–Kier alpha value is -1.75. The number of piperidine rings is 1. The summed E-state index contributed by atoms with van der Waals surface area (Å²) in [5, 5.41) is 2.62. The third-order valence-corrected chi connectivity index (χ3v) is 7.26. The Labute approximate surface area is 175 Å². The molecule has 29 heavy (non-hydrogen) atoms. The van der Waals surface area contributed by atoms with Crippen molar-refractivity contribution in [3.05, 3.63) is 23.3 Å². The number of rotatable bonds is 9. The molecule has 0 aromatic carbocycles. The fraction of sp³-hybridized carbons (Fsp3) is 0.579. The first kappa shape index (κ1) is 21.9. The van der Waals surface area contributed by atoms with Crippen LogP contribution in [0.2, 0.25) is 0 Å². The molecule has 0 aliphatic carbocycles. The molecule has 0 bridgehead atoms. The predicted molar refractivity (Wildman–Crippen MR) is 112 cm³/mol. The highest BCUT2D eigenvalue weighted by Gasteiger charge is 2.23. The molecular weight excluding hydrogens is 412 g/mol. The summed E-state index contributed by atoms with van der Waals surface area (Å²) in [7, 11) is -2.10. The summed E-state index contributed by atoms with van der Waals surface area (Å²) in [6.45, 7) is 4.29. The average Bonchev–Trinajstić information content (AvgIpc) is 3.32. The minimum atomic E-state index is -3.68. The third kappa shape index (κ3) is 5.65. The Kier molecular flexibility index (Phi) is 7.44. The molecular formula is C19H28N4O4S2. The van der Waals surface area contributed by atoms with Crippen molar-refractivity contribution in [2.75, 3.05) is 33.4 Å². The number of nitrogens with zero attached hydrogens (tertiary/aromatic N) is 3. The lowest BCUT2D eigenvalue weighted by atomic mass is 10.1. The molecule has 3 heterocycles. The zero-order chi connectivity index (χ0) is 20.9. The first-order valence-corrected chi connectivity index (χ1v) is 12.2. The van der Waals surface area contributed by atoms with Gasteiger partial charge in [0.2, 0.25) is 15.9 Å². The molecule has 1 aliphatic rings. The summed E-state index contributed by atoms with van der Waals surface area (Å²) < 4.78 is 34.7. The third-order valence-electron chi connectivity index (χ3n) is 4.85. The number of likely N-dealkylation sites (tertiary alicyclic amines) is 1. The molecule has 2 aromatic heterocycles. The van der Waals surface area contributed by atoms with Gasteiger partial charge in [-0.1, -0.05) is 0 Å². The SMILES string of the molecule is COCCCNS(=O)(=O)c1cc(-c2nc(C)cs2)n(CC(=O)N2CCCCC2)c1. The first-order chi connectivity index (χ1) is 13.9. The average molecular weight is 441 g/mol. The molecule has 3 rings (SSSR count). The summed E-state index contributed by atoms with van der Waals surface area (Å²) in [5.41, 5.74) is 1.51. The zero-order valence-corrected chi connectivity index (χ0v) is 18.5. The van der Waals surface area contributed by atoms with E-state index in [1.165, 1.54) is 17.5 Å². The quantitative estimate of drug-likeness (QED) is 0.604. The maximum absolute atomic E-state index is 12.8. The van der Waals surface area contributed by atoms with Gasteiger partial charge in [-0.25, -0.2) is 18.1 Å². The maximum Gasteiger partial charge on any atom is 0.242 e. The number of hydrogen-bond donors (Lipinski definition) is 1. The molecule has 2 aromatic rings. The van der Waals surface area contributed by atoms with Crippen LogP contribution in [0, 0.1) is 6.92 Å². The highest BCUT2D eigenvalue weighted by molar-refractivity contribution is 7.89. The van der Waals surface area contributed by atoms with E-state index < -0.39 is 10.0 Å². The Morgan fingerprint density at radius 1 is 1.31 bits per heavy atom. The van der Waals surface area contributed by atoms with E-state index in [2.05, 4.69) is 9.71 Å². The van der Waals surface area contributed by atoms with Gasteiger partial charge in [-0.05, 0) is 38.7 Å². The van der Waals surface area contributed by atoms with Gasteiger partial charge in [-0.2, -0.15) is 0 Å². The van der Waals surface area contributed by atoms with Gasteiger partial charge in [0.25, 0.3) is 0 Å². The Morgan fingerprint density at radius 3 is 2.72 bits per heavy atom. The fourth-order valence-corrected chi connectivity index (χ4v) is 5.25. The van der Waals surface area contributed by atoms with Crippen LogP contribution in [0.5, 0.6) is 0 Å². The monoisotopic (exact) mass is 440 g/mol. The minimum Gasteiger partial charge on any atom is -0.385 e. The molecule has 1 N–H and O–H groups in total. The summed E-state index contributed by atoms with van der Waals surface area (Å²) in [4.78, 5) is 19.3. The van der Waals surface area contributed by atoms with E-state index >= 15 is 0 Å². The molecule has 0 radical (unpaired) electrons. The van der Waals surface area contributed by atoms with Gasteiger partial charge in [-0.3, -0.25) is 4.79 Å². The molecule has 8 nitrogen and oxygen atoms in total. The van der Waals surface area contributed by atoms with Gasteiger partial charge in [0.05, 0.1) is 5.69 Å². The van der Waals surface area contributed by atoms with Crippen molar-refractivity contribution in [3.63, 3.8) is 0 Å². The minimum absolute atomic E-state index is 0.00632. The second-order valence-electron chi connectivity index (χ2n) is 7.17. The number of nitrogens with one attached hydrogen (secondary N) is 1. The van der Waals surface area contributed by atoms with E-state index in [9.17, 15) is 13.2 Å². The number of ether oxygens (including phenoxy) is 1. The largest absolute Gasteiger partial charge is 0.385 e. The van der Waals surface area contributed by atoms with Crippen LogP contribution in [0.15, 0.2) is 22.5 Å². The highest BCUT2D eigenvalue weighted by atomic mass is 32.2. The van der Waals surface area contributed by atoms with Crippen LogP contribution >= 0.6 is 11.3 Å². The Balaban J connectivity index is 1.84. The number of hydrogen-bond acceptors (Lipinski definition) is 6. The number of sulfonamides is 1. The Morgan fingerprint density at radius 2 is 2.07 bits per heavy atom. The normalized spacial score (nSPS) is 15.0. The lowest BCUT2D eigenvalue weighted by molar-refractivity contribution is -0.132. The van der Waals surface area contributed by atoms with Crippen LogP contribution in [-0.2, 0) is 26.1 Å². The van der Waals surface area contributed by atoms with Crippen LogP contribution in [0.3, 0.4) is 0 Å². The number of thiazole rings is 1.